The smallest absolute Gasteiger partial charge is 0.266 e. The van der Waals surface area contributed by atoms with Crippen molar-refractivity contribution in [2.24, 2.45) is 0 Å². The van der Waals surface area contributed by atoms with Crippen molar-refractivity contribution in [2.45, 2.75) is 32.2 Å². The monoisotopic (exact) mass is 464 g/mol. The molecular weight excluding hydrogens is 444 g/mol. The number of thiazole rings is 1. The molecule has 32 heavy (non-hydrogen) atoms. The highest BCUT2D eigenvalue weighted by Gasteiger charge is 2.35. The van der Waals surface area contributed by atoms with Crippen LogP contribution < -0.4 is 0 Å². The Morgan fingerprint density at radius 2 is 2.16 bits per heavy atom. The van der Waals surface area contributed by atoms with Gasteiger partial charge < -0.3 is 9.32 Å². The summed E-state index contributed by atoms with van der Waals surface area (Å²) in [5, 5.41) is 1.45. The molecule has 0 N–H and O–H groups in total. The van der Waals surface area contributed by atoms with Crippen molar-refractivity contribution in [1.29, 1.82) is 0 Å². The number of aryl methyl sites for hydroxylation is 1. The fourth-order valence-electron chi connectivity index (χ4n) is 4.00. The predicted octanol–water partition coefficient (Wildman–Crippen LogP) is 5.72. The molecule has 0 spiro atoms. The number of benzene rings is 1. The molecule has 1 atom stereocenters. The second-order valence-corrected chi connectivity index (χ2v) is 9.21. The highest BCUT2D eigenvalue weighted by atomic mass is 35.5. The molecule has 1 amide bonds. The molecule has 1 aromatic carbocycles. The van der Waals surface area contributed by atoms with Crippen LogP contribution in [0.4, 0.5) is 0 Å². The Bertz CT molecular complexity index is 1250. The Morgan fingerprint density at radius 3 is 2.97 bits per heavy atom. The van der Waals surface area contributed by atoms with Crippen molar-refractivity contribution >= 4 is 28.8 Å². The van der Waals surface area contributed by atoms with E-state index in [0.29, 0.717) is 28.8 Å². The van der Waals surface area contributed by atoms with Gasteiger partial charge in [0.15, 0.2) is 0 Å². The van der Waals surface area contributed by atoms with Gasteiger partial charge in [-0.1, -0.05) is 29.8 Å². The van der Waals surface area contributed by atoms with Gasteiger partial charge in [-0.15, -0.1) is 11.3 Å². The van der Waals surface area contributed by atoms with Crippen molar-refractivity contribution in [1.82, 2.24) is 19.9 Å². The van der Waals surface area contributed by atoms with Gasteiger partial charge in [-0.25, -0.2) is 9.97 Å². The molecule has 8 heteroatoms. The highest BCUT2D eigenvalue weighted by molar-refractivity contribution is 7.17. The summed E-state index contributed by atoms with van der Waals surface area (Å²) >= 11 is 7.47. The Balaban J connectivity index is 1.36. The van der Waals surface area contributed by atoms with Crippen LogP contribution in [0.2, 0.25) is 5.02 Å². The molecule has 0 bridgehead atoms. The maximum atomic E-state index is 13.4. The highest BCUT2D eigenvalue weighted by Crippen LogP contribution is 2.36. The number of rotatable bonds is 5. The zero-order valence-electron chi connectivity index (χ0n) is 17.5. The van der Waals surface area contributed by atoms with Crippen molar-refractivity contribution in [3.63, 3.8) is 0 Å². The number of nitrogens with zero attached hydrogens (tertiary/aromatic N) is 4. The third-order valence-electron chi connectivity index (χ3n) is 5.51. The van der Waals surface area contributed by atoms with Crippen LogP contribution in [-0.4, -0.2) is 32.3 Å². The minimum atomic E-state index is -0.171. The zero-order valence-corrected chi connectivity index (χ0v) is 19.1. The number of aromatic nitrogens is 3. The van der Waals surface area contributed by atoms with Gasteiger partial charge in [0.05, 0.1) is 17.6 Å². The maximum absolute atomic E-state index is 13.4. The van der Waals surface area contributed by atoms with Gasteiger partial charge in [-0.2, -0.15) is 0 Å². The SMILES string of the molecule is Cc1nc(-c2ccccn2)sc1C(=O)N1CCC[C@H]1c1ncc(Cc2cccc(Cl)c2)o1. The van der Waals surface area contributed by atoms with Gasteiger partial charge in [0.2, 0.25) is 5.89 Å². The Morgan fingerprint density at radius 1 is 1.25 bits per heavy atom. The molecule has 6 nitrogen and oxygen atoms in total. The number of amides is 1. The molecule has 1 saturated heterocycles. The van der Waals surface area contributed by atoms with Gasteiger partial charge in [0.1, 0.15) is 21.7 Å². The lowest BCUT2D eigenvalue weighted by Crippen LogP contribution is -2.30. The molecule has 3 aromatic heterocycles. The van der Waals surface area contributed by atoms with Crippen molar-refractivity contribution in [3.8, 4) is 10.7 Å². The normalized spacial score (nSPS) is 15.9. The van der Waals surface area contributed by atoms with Crippen LogP contribution in [0, 0.1) is 6.92 Å². The summed E-state index contributed by atoms with van der Waals surface area (Å²) in [6.45, 7) is 2.54. The molecule has 0 radical (unpaired) electrons. The van der Waals surface area contributed by atoms with E-state index >= 15 is 0 Å². The average molecular weight is 465 g/mol. The second kappa shape index (κ2) is 8.84. The molecule has 162 valence electrons. The number of hydrogen-bond donors (Lipinski definition) is 0. The van der Waals surface area contributed by atoms with E-state index < -0.39 is 0 Å². The van der Waals surface area contributed by atoms with Gasteiger partial charge in [-0.3, -0.25) is 9.78 Å². The van der Waals surface area contributed by atoms with Crippen molar-refractivity contribution in [3.05, 3.63) is 87.7 Å². The van der Waals surface area contributed by atoms with Gasteiger partial charge in [0, 0.05) is 24.2 Å². The first-order valence-electron chi connectivity index (χ1n) is 10.5. The summed E-state index contributed by atoms with van der Waals surface area (Å²) in [6, 6.07) is 13.2. The fourth-order valence-corrected chi connectivity index (χ4v) is 5.21. The van der Waals surface area contributed by atoms with E-state index in [-0.39, 0.29) is 11.9 Å². The van der Waals surface area contributed by atoms with E-state index in [1.807, 2.05) is 54.3 Å². The number of halogens is 1. The lowest BCUT2D eigenvalue weighted by molar-refractivity contribution is 0.0718. The van der Waals surface area contributed by atoms with E-state index in [1.54, 1.807) is 12.4 Å². The quantitative estimate of drug-likeness (QED) is 0.377. The third-order valence-corrected chi connectivity index (χ3v) is 6.92. The number of pyridine rings is 1. The van der Waals surface area contributed by atoms with Crippen molar-refractivity contribution in [2.75, 3.05) is 6.54 Å². The summed E-state index contributed by atoms with van der Waals surface area (Å²) in [5.41, 5.74) is 2.55. The van der Waals surface area contributed by atoms with E-state index in [2.05, 4.69) is 15.0 Å². The molecular formula is C24H21ClN4O2S. The van der Waals surface area contributed by atoms with Crippen LogP contribution in [-0.2, 0) is 6.42 Å². The van der Waals surface area contributed by atoms with Gasteiger partial charge >= 0.3 is 0 Å². The Labute approximate surface area is 194 Å². The molecule has 4 heterocycles. The summed E-state index contributed by atoms with van der Waals surface area (Å²) in [7, 11) is 0. The van der Waals surface area contributed by atoms with E-state index in [9.17, 15) is 4.79 Å². The average Bonchev–Trinajstić information content (AvgIpc) is 3.53. The number of hydrogen-bond acceptors (Lipinski definition) is 6. The zero-order chi connectivity index (χ0) is 22.1. The first kappa shape index (κ1) is 20.8. The first-order chi connectivity index (χ1) is 15.6. The summed E-state index contributed by atoms with van der Waals surface area (Å²) in [4.78, 5) is 29.4. The molecule has 5 rings (SSSR count). The lowest BCUT2D eigenvalue weighted by atomic mass is 10.1. The van der Waals surface area contributed by atoms with E-state index in [1.165, 1.54) is 11.3 Å². The fraction of sp³-hybridized carbons (Fsp3) is 0.250. The third kappa shape index (κ3) is 4.18. The minimum absolute atomic E-state index is 0.0285. The number of carbonyl (C=O) groups excluding carboxylic acids is 1. The van der Waals surface area contributed by atoms with Crippen LogP contribution >= 0.6 is 22.9 Å². The molecule has 0 saturated carbocycles. The van der Waals surface area contributed by atoms with Crippen LogP contribution in [0.5, 0.6) is 0 Å². The lowest BCUT2D eigenvalue weighted by Gasteiger charge is -2.21. The summed E-state index contributed by atoms with van der Waals surface area (Å²) < 4.78 is 6.06. The van der Waals surface area contributed by atoms with Gasteiger partial charge in [0.25, 0.3) is 5.91 Å². The molecule has 0 unspecified atom stereocenters. The second-order valence-electron chi connectivity index (χ2n) is 7.78. The molecule has 1 fully saturated rings. The molecule has 1 aliphatic rings. The number of likely N-dealkylation sites (tertiary alicyclic amines) is 1. The summed E-state index contributed by atoms with van der Waals surface area (Å²) in [5.74, 6) is 1.31. The van der Waals surface area contributed by atoms with E-state index in [0.717, 1.165) is 40.6 Å². The predicted molar refractivity (Wildman–Crippen MR) is 124 cm³/mol. The standard InChI is InChI=1S/C24H21ClN4O2S/c1-15-21(32-23(28-15)19-8-2-3-10-26-19)24(30)29-11-5-9-20(29)22-27-14-18(31-22)13-16-6-4-7-17(25)12-16/h2-4,6-8,10,12,14,20H,5,9,11,13H2,1H3/t20-/m0/s1. The van der Waals surface area contributed by atoms with Crippen LogP contribution in [0.25, 0.3) is 10.7 Å². The largest absolute Gasteiger partial charge is 0.443 e. The van der Waals surface area contributed by atoms with Crippen molar-refractivity contribution < 1.29 is 9.21 Å². The number of carbonyl (C=O) groups is 1. The van der Waals surface area contributed by atoms with Crippen LogP contribution in [0.1, 0.15) is 51.5 Å². The van der Waals surface area contributed by atoms with E-state index in [4.69, 9.17) is 16.0 Å². The number of oxazole rings is 1. The topological polar surface area (TPSA) is 72.1 Å². The minimum Gasteiger partial charge on any atom is -0.443 e. The molecule has 4 aromatic rings. The van der Waals surface area contributed by atoms with Crippen LogP contribution in [0.3, 0.4) is 0 Å². The van der Waals surface area contributed by atoms with Gasteiger partial charge in [-0.05, 0) is 49.6 Å². The Kier molecular flexibility index (Phi) is 5.76. The first-order valence-corrected chi connectivity index (χ1v) is 11.7. The molecule has 1 aliphatic heterocycles. The van der Waals surface area contributed by atoms with Crippen LogP contribution in [0.15, 0.2) is 59.3 Å². The molecule has 0 aliphatic carbocycles. The Hall–Kier alpha value is -3.03. The maximum Gasteiger partial charge on any atom is 0.266 e. The summed E-state index contributed by atoms with van der Waals surface area (Å²) in [6.07, 6.45) is 5.82.